The predicted octanol–water partition coefficient (Wildman–Crippen LogP) is 3.08. The summed E-state index contributed by atoms with van der Waals surface area (Å²) in [5.74, 6) is -5.27. The summed E-state index contributed by atoms with van der Waals surface area (Å²) in [6.07, 6.45) is -5.08. The number of hydrogen-bond donors (Lipinski definition) is 3. The monoisotopic (exact) mass is 560 g/mol. The van der Waals surface area contributed by atoms with Gasteiger partial charge in [0.15, 0.2) is 17.6 Å². The molecule has 35 heavy (non-hydrogen) atoms. The topological polar surface area (TPSA) is 152 Å². The Morgan fingerprint density at radius 2 is 2.03 bits per heavy atom. The van der Waals surface area contributed by atoms with Crippen LogP contribution in [-0.4, -0.2) is 50.5 Å². The number of alkyl halides is 3. The highest BCUT2D eigenvalue weighted by atomic mass is 79.9. The SMILES string of the molecule is O=C(Nc1nonc1C(=Nc1ccc(F)c(Br)c1)NO)C(Cc1cccnc1)OC(=O)C(F)(F)F. The van der Waals surface area contributed by atoms with Gasteiger partial charge in [-0.2, -0.15) is 13.2 Å². The van der Waals surface area contributed by atoms with Crippen LogP contribution in [0.15, 0.2) is 56.8 Å². The Hall–Kier alpha value is -3.92. The van der Waals surface area contributed by atoms with Crippen molar-refractivity contribution in [1.82, 2.24) is 20.8 Å². The zero-order valence-electron chi connectivity index (χ0n) is 17.1. The number of aliphatic imine (C=N–C) groups is 1. The molecule has 0 aliphatic heterocycles. The predicted molar refractivity (Wildman–Crippen MR) is 112 cm³/mol. The minimum atomic E-state index is -5.35. The van der Waals surface area contributed by atoms with E-state index in [0.29, 0.717) is 5.56 Å². The number of amides is 1. The number of pyridine rings is 1. The third-order valence-corrected chi connectivity index (χ3v) is 4.73. The number of anilines is 1. The number of hydroxylamine groups is 1. The number of aromatic nitrogens is 3. The van der Waals surface area contributed by atoms with Crippen molar-refractivity contribution in [3.8, 4) is 0 Å². The Bertz CT molecular complexity index is 1240. The number of halogens is 5. The molecule has 0 fully saturated rings. The van der Waals surface area contributed by atoms with Gasteiger partial charge in [-0.05, 0) is 56.1 Å². The number of rotatable bonds is 7. The van der Waals surface area contributed by atoms with E-state index in [2.05, 4.69) is 50.9 Å². The molecule has 2 aromatic heterocycles. The first-order chi connectivity index (χ1) is 16.6. The van der Waals surface area contributed by atoms with Crippen LogP contribution in [0.3, 0.4) is 0 Å². The van der Waals surface area contributed by atoms with Crippen LogP contribution in [0.2, 0.25) is 0 Å². The highest BCUT2D eigenvalue weighted by Gasteiger charge is 2.43. The smallest absolute Gasteiger partial charge is 0.445 e. The first-order valence-electron chi connectivity index (χ1n) is 9.33. The van der Waals surface area contributed by atoms with Crippen molar-refractivity contribution < 1.29 is 41.7 Å². The van der Waals surface area contributed by atoms with Crippen LogP contribution in [0.25, 0.3) is 0 Å². The molecule has 16 heteroatoms. The summed E-state index contributed by atoms with van der Waals surface area (Å²) >= 11 is 2.97. The Labute approximate surface area is 201 Å². The average molecular weight is 561 g/mol. The van der Waals surface area contributed by atoms with Gasteiger partial charge in [0.25, 0.3) is 5.91 Å². The summed E-state index contributed by atoms with van der Waals surface area (Å²) < 4.78 is 60.6. The van der Waals surface area contributed by atoms with Crippen molar-refractivity contribution in [3.63, 3.8) is 0 Å². The number of carbonyl (C=O) groups is 2. The van der Waals surface area contributed by atoms with E-state index in [4.69, 9.17) is 0 Å². The number of benzene rings is 1. The highest BCUT2D eigenvalue weighted by Crippen LogP contribution is 2.24. The lowest BCUT2D eigenvalue weighted by Crippen LogP contribution is -2.39. The Balaban J connectivity index is 1.86. The molecule has 3 N–H and O–H groups in total. The van der Waals surface area contributed by atoms with Crippen molar-refractivity contribution in [2.45, 2.75) is 18.7 Å². The molecule has 3 aromatic rings. The third-order valence-electron chi connectivity index (χ3n) is 4.12. The highest BCUT2D eigenvalue weighted by molar-refractivity contribution is 9.10. The van der Waals surface area contributed by atoms with Gasteiger partial charge >= 0.3 is 12.1 Å². The fourth-order valence-corrected chi connectivity index (χ4v) is 2.92. The molecule has 1 aromatic carbocycles. The van der Waals surface area contributed by atoms with Gasteiger partial charge in [-0.25, -0.2) is 18.8 Å². The lowest BCUT2D eigenvalue weighted by molar-refractivity contribution is -0.204. The molecule has 0 saturated carbocycles. The number of nitrogens with one attached hydrogen (secondary N) is 2. The number of carbonyl (C=O) groups excluding carboxylic acids is 2. The van der Waals surface area contributed by atoms with E-state index < -0.39 is 48.0 Å². The lowest BCUT2D eigenvalue weighted by Gasteiger charge is -2.18. The first-order valence-corrected chi connectivity index (χ1v) is 10.1. The van der Waals surface area contributed by atoms with Crippen LogP contribution < -0.4 is 10.8 Å². The van der Waals surface area contributed by atoms with Gasteiger partial charge in [0.05, 0.1) is 10.2 Å². The summed E-state index contributed by atoms with van der Waals surface area (Å²) in [7, 11) is 0. The molecule has 184 valence electrons. The number of nitrogens with zero attached hydrogens (tertiary/aromatic N) is 4. The molecule has 0 aliphatic rings. The maximum absolute atomic E-state index is 13.4. The second-order valence-electron chi connectivity index (χ2n) is 6.58. The van der Waals surface area contributed by atoms with Gasteiger partial charge < -0.3 is 10.1 Å². The zero-order valence-corrected chi connectivity index (χ0v) is 18.7. The van der Waals surface area contributed by atoms with Gasteiger partial charge in [-0.15, -0.1) is 0 Å². The van der Waals surface area contributed by atoms with Gasteiger partial charge in [0.2, 0.25) is 5.82 Å². The van der Waals surface area contributed by atoms with Gasteiger partial charge in [0, 0.05) is 18.8 Å². The summed E-state index contributed by atoms with van der Waals surface area (Å²) in [5, 5.41) is 18.5. The van der Waals surface area contributed by atoms with Gasteiger partial charge in [0.1, 0.15) is 5.82 Å². The molecule has 3 rings (SSSR count). The second kappa shape index (κ2) is 11.0. The van der Waals surface area contributed by atoms with Crippen molar-refractivity contribution in [2.24, 2.45) is 4.99 Å². The molecule has 1 atom stereocenters. The normalized spacial score (nSPS) is 12.7. The molecular formula is C19H13BrF4N6O5. The molecule has 0 aliphatic carbocycles. The second-order valence-corrected chi connectivity index (χ2v) is 7.43. The maximum Gasteiger partial charge on any atom is 0.490 e. The average Bonchev–Trinajstić information content (AvgIpc) is 3.27. The standard InChI is InChI=1S/C19H13BrF4N6O5/c20-11-7-10(3-4-12(11)21)26-15(28-33)14-16(30-35-29-14)27-17(31)13(34-18(32)19(22,23)24)6-9-2-1-5-25-8-9/h1-5,7-8,13,33H,6H2,(H,26,28)(H,27,30,31). The van der Waals surface area contributed by atoms with E-state index in [1.54, 1.807) is 5.48 Å². The molecule has 0 bridgehead atoms. The Kier molecular flexibility index (Phi) is 8.08. The number of amidine groups is 1. The van der Waals surface area contributed by atoms with E-state index in [1.165, 1.54) is 36.7 Å². The minimum Gasteiger partial charge on any atom is -0.445 e. The molecule has 0 saturated heterocycles. The summed E-state index contributed by atoms with van der Waals surface area (Å²) in [5.41, 5.74) is 1.76. The molecular weight excluding hydrogens is 548 g/mol. The molecule has 11 nitrogen and oxygen atoms in total. The van der Waals surface area contributed by atoms with Crippen molar-refractivity contribution in [3.05, 3.63) is 64.3 Å². The summed E-state index contributed by atoms with van der Waals surface area (Å²) in [6, 6.07) is 6.53. The number of hydrogen-bond acceptors (Lipinski definition) is 9. The van der Waals surface area contributed by atoms with E-state index in [9.17, 15) is 32.4 Å². The summed E-state index contributed by atoms with van der Waals surface area (Å²) in [4.78, 5) is 31.9. The molecule has 0 radical (unpaired) electrons. The first kappa shape index (κ1) is 25.7. The largest absolute Gasteiger partial charge is 0.490 e. The van der Waals surface area contributed by atoms with E-state index in [1.807, 2.05) is 0 Å². The van der Waals surface area contributed by atoms with Crippen molar-refractivity contribution in [1.29, 1.82) is 0 Å². The van der Waals surface area contributed by atoms with E-state index in [-0.39, 0.29) is 15.9 Å². The number of ether oxygens (including phenoxy) is 1. The molecule has 1 amide bonds. The Morgan fingerprint density at radius 3 is 2.66 bits per heavy atom. The molecule has 2 heterocycles. The van der Waals surface area contributed by atoms with Crippen molar-refractivity contribution >= 4 is 45.1 Å². The zero-order chi connectivity index (χ0) is 25.6. The number of esters is 1. The van der Waals surface area contributed by atoms with Crippen LogP contribution in [0.1, 0.15) is 11.3 Å². The molecule has 1 unspecified atom stereocenters. The van der Waals surface area contributed by atoms with Crippen LogP contribution in [0.4, 0.5) is 29.1 Å². The quantitative estimate of drug-likeness (QED) is 0.130. The third kappa shape index (κ3) is 6.80. The fraction of sp³-hybridized carbons (Fsp3) is 0.158. The maximum atomic E-state index is 13.4. The van der Waals surface area contributed by atoms with Crippen LogP contribution >= 0.6 is 15.9 Å². The van der Waals surface area contributed by atoms with Crippen LogP contribution in [-0.2, 0) is 20.7 Å². The molecule has 0 spiro atoms. The van der Waals surface area contributed by atoms with Crippen LogP contribution in [0, 0.1) is 5.82 Å². The Morgan fingerprint density at radius 1 is 1.26 bits per heavy atom. The van der Waals surface area contributed by atoms with E-state index in [0.717, 1.165) is 6.07 Å². The summed E-state index contributed by atoms with van der Waals surface area (Å²) in [6.45, 7) is 0. The van der Waals surface area contributed by atoms with Crippen molar-refractivity contribution in [2.75, 3.05) is 5.32 Å². The van der Waals surface area contributed by atoms with E-state index >= 15 is 0 Å². The van der Waals surface area contributed by atoms with Gasteiger partial charge in [-0.3, -0.25) is 20.5 Å². The van der Waals surface area contributed by atoms with Gasteiger partial charge in [-0.1, -0.05) is 6.07 Å². The van der Waals surface area contributed by atoms with Crippen LogP contribution in [0.5, 0.6) is 0 Å². The minimum absolute atomic E-state index is 0.0626. The lowest BCUT2D eigenvalue weighted by atomic mass is 10.1. The fourth-order valence-electron chi connectivity index (χ4n) is 2.55.